The lowest BCUT2D eigenvalue weighted by atomic mass is 9.94. The summed E-state index contributed by atoms with van der Waals surface area (Å²) in [5.41, 5.74) is 14.5. The first kappa shape index (κ1) is 18.1. The second-order valence-electron chi connectivity index (χ2n) is 6.50. The van der Waals surface area contributed by atoms with Gasteiger partial charge in [-0.3, -0.25) is 4.79 Å². The zero-order valence-corrected chi connectivity index (χ0v) is 14.7. The fourth-order valence-corrected chi connectivity index (χ4v) is 3.35. The van der Waals surface area contributed by atoms with Crippen LogP contribution in [0, 0.1) is 17.2 Å². The second-order valence-corrected chi connectivity index (χ2v) is 6.50. The normalized spacial score (nSPS) is 19.7. The Morgan fingerprint density at radius 1 is 1.41 bits per heavy atom. The molecular weight excluding hydrogens is 342 g/mol. The molecule has 0 aliphatic carbocycles. The predicted molar refractivity (Wildman–Crippen MR) is 104 cm³/mol. The standard InChI is InChI=1S/C20H21N5O2/c1-2-19(27)25-10-13(9-21)15(11-25)17-8-12(20(23)24-17)7-16(22)14-5-3-4-6-18(14)26/h2-8,13,15,24,26H,1,10-11,22-23H2/b16-7-/t13-,15?/m0/s1. The SMILES string of the molecule is C=CC(=O)N1CC(c2cc(/C=C(\N)c3ccccc3O)c(N)[nH]2)[C@@H](C#N)C1. The average molecular weight is 363 g/mol. The number of amides is 1. The highest BCUT2D eigenvalue weighted by molar-refractivity contribution is 5.87. The zero-order valence-electron chi connectivity index (χ0n) is 14.7. The van der Waals surface area contributed by atoms with E-state index in [9.17, 15) is 15.2 Å². The lowest BCUT2D eigenvalue weighted by Gasteiger charge is -2.13. The monoisotopic (exact) mass is 363 g/mol. The van der Waals surface area contributed by atoms with Crippen molar-refractivity contribution in [3.8, 4) is 11.8 Å². The van der Waals surface area contributed by atoms with E-state index in [1.807, 2.05) is 6.07 Å². The third-order valence-corrected chi connectivity index (χ3v) is 4.80. The van der Waals surface area contributed by atoms with Crippen molar-refractivity contribution in [3.63, 3.8) is 0 Å². The quantitative estimate of drug-likeness (QED) is 0.617. The maximum atomic E-state index is 11.9. The van der Waals surface area contributed by atoms with Crippen LogP contribution in [0.5, 0.6) is 5.75 Å². The Morgan fingerprint density at radius 3 is 2.81 bits per heavy atom. The van der Waals surface area contributed by atoms with E-state index >= 15 is 0 Å². The molecule has 2 atom stereocenters. The van der Waals surface area contributed by atoms with Gasteiger partial charge in [-0.05, 0) is 30.4 Å². The third-order valence-electron chi connectivity index (χ3n) is 4.80. The molecule has 2 aromatic rings. The van der Waals surface area contributed by atoms with Crippen molar-refractivity contribution >= 4 is 23.5 Å². The molecule has 1 fully saturated rings. The number of nitrogen functional groups attached to an aromatic ring is 1. The van der Waals surface area contributed by atoms with Crippen molar-refractivity contribution < 1.29 is 9.90 Å². The van der Waals surface area contributed by atoms with E-state index in [0.29, 0.717) is 35.7 Å². The number of para-hydroxylation sites is 1. The maximum Gasteiger partial charge on any atom is 0.246 e. The summed E-state index contributed by atoms with van der Waals surface area (Å²) in [5, 5.41) is 19.4. The molecule has 0 saturated carbocycles. The van der Waals surface area contributed by atoms with Gasteiger partial charge in [-0.2, -0.15) is 5.26 Å². The lowest BCUT2D eigenvalue weighted by Crippen LogP contribution is -2.26. The molecule has 3 rings (SSSR count). The number of likely N-dealkylation sites (tertiary alicyclic amines) is 1. The molecular formula is C20H21N5O2. The fourth-order valence-electron chi connectivity index (χ4n) is 3.35. The molecule has 0 bridgehead atoms. The highest BCUT2D eigenvalue weighted by Crippen LogP contribution is 2.34. The van der Waals surface area contributed by atoms with Crippen LogP contribution in [-0.4, -0.2) is 34.0 Å². The molecule has 1 aliphatic heterocycles. The van der Waals surface area contributed by atoms with Crippen LogP contribution in [0.25, 0.3) is 11.8 Å². The third kappa shape index (κ3) is 3.51. The van der Waals surface area contributed by atoms with Gasteiger partial charge in [-0.1, -0.05) is 18.7 Å². The number of nitrogens with one attached hydrogen (secondary N) is 1. The maximum absolute atomic E-state index is 11.9. The highest BCUT2D eigenvalue weighted by Gasteiger charge is 2.36. The number of phenols is 1. The number of phenolic OH excluding ortho intramolecular Hbond substituents is 1. The van der Waals surface area contributed by atoms with Crippen LogP contribution in [0.3, 0.4) is 0 Å². The molecule has 0 radical (unpaired) electrons. The predicted octanol–water partition coefficient (Wildman–Crippen LogP) is 2.01. The van der Waals surface area contributed by atoms with Crippen LogP contribution in [0.1, 0.15) is 22.7 Å². The van der Waals surface area contributed by atoms with Gasteiger partial charge in [-0.15, -0.1) is 0 Å². The zero-order chi connectivity index (χ0) is 19.6. The van der Waals surface area contributed by atoms with Crippen molar-refractivity contribution in [1.29, 1.82) is 5.26 Å². The Hall–Kier alpha value is -3.66. The minimum Gasteiger partial charge on any atom is -0.507 e. The highest BCUT2D eigenvalue weighted by atomic mass is 16.3. The Morgan fingerprint density at radius 2 is 2.15 bits per heavy atom. The Balaban J connectivity index is 1.89. The largest absolute Gasteiger partial charge is 0.507 e. The van der Waals surface area contributed by atoms with E-state index in [4.69, 9.17) is 11.5 Å². The Labute approximate surface area is 157 Å². The number of nitrogens with two attached hydrogens (primary N) is 2. The number of nitrogens with zero attached hydrogens (tertiary/aromatic N) is 2. The van der Waals surface area contributed by atoms with Crippen molar-refractivity contribution in [2.75, 3.05) is 18.8 Å². The van der Waals surface area contributed by atoms with Crippen LogP contribution >= 0.6 is 0 Å². The molecule has 7 nitrogen and oxygen atoms in total. The van der Waals surface area contributed by atoms with E-state index in [2.05, 4.69) is 17.6 Å². The number of carbonyl (C=O) groups excluding carboxylic acids is 1. The number of hydrogen-bond donors (Lipinski definition) is 4. The molecule has 2 heterocycles. The molecule has 1 unspecified atom stereocenters. The van der Waals surface area contributed by atoms with Crippen LogP contribution in [-0.2, 0) is 4.79 Å². The van der Waals surface area contributed by atoms with E-state index in [0.717, 1.165) is 5.69 Å². The number of benzene rings is 1. The van der Waals surface area contributed by atoms with Crippen LogP contribution < -0.4 is 11.5 Å². The van der Waals surface area contributed by atoms with Crippen LogP contribution in [0.15, 0.2) is 43.0 Å². The molecule has 0 spiro atoms. The van der Waals surface area contributed by atoms with Gasteiger partial charge in [0.25, 0.3) is 0 Å². The van der Waals surface area contributed by atoms with Gasteiger partial charge in [0, 0.05) is 41.5 Å². The summed E-state index contributed by atoms with van der Waals surface area (Å²) < 4.78 is 0. The van der Waals surface area contributed by atoms with Crippen molar-refractivity contribution in [2.24, 2.45) is 11.7 Å². The fraction of sp³-hybridized carbons (Fsp3) is 0.200. The topological polar surface area (TPSA) is 132 Å². The first-order valence-corrected chi connectivity index (χ1v) is 8.49. The van der Waals surface area contributed by atoms with Gasteiger partial charge < -0.3 is 26.5 Å². The number of rotatable bonds is 4. The number of aromatic hydroxyl groups is 1. The lowest BCUT2D eigenvalue weighted by molar-refractivity contribution is -0.125. The van der Waals surface area contributed by atoms with Crippen LogP contribution in [0.4, 0.5) is 5.82 Å². The molecule has 1 aromatic carbocycles. The molecule has 6 N–H and O–H groups in total. The van der Waals surface area contributed by atoms with Gasteiger partial charge >= 0.3 is 0 Å². The van der Waals surface area contributed by atoms with Gasteiger partial charge in [0.1, 0.15) is 11.6 Å². The minimum absolute atomic E-state index is 0.0829. The van der Waals surface area contributed by atoms with Crippen LogP contribution in [0.2, 0.25) is 0 Å². The van der Waals surface area contributed by atoms with Crippen molar-refractivity contribution in [2.45, 2.75) is 5.92 Å². The summed E-state index contributed by atoms with van der Waals surface area (Å²) in [6.07, 6.45) is 2.93. The Bertz CT molecular complexity index is 954. The first-order valence-electron chi connectivity index (χ1n) is 8.49. The van der Waals surface area contributed by atoms with E-state index in [1.54, 1.807) is 35.2 Å². The van der Waals surface area contributed by atoms with E-state index in [1.165, 1.54) is 6.08 Å². The van der Waals surface area contributed by atoms with E-state index in [-0.39, 0.29) is 23.5 Å². The number of H-pyrrole nitrogens is 1. The summed E-state index contributed by atoms with van der Waals surface area (Å²) in [7, 11) is 0. The molecule has 138 valence electrons. The molecule has 27 heavy (non-hydrogen) atoms. The number of anilines is 1. The average Bonchev–Trinajstić information content (AvgIpc) is 3.25. The summed E-state index contributed by atoms with van der Waals surface area (Å²) >= 11 is 0. The Kier molecular flexibility index (Phi) is 4.90. The smallest absolute Gasteiger partial charge is 0.246 e. The number of nitriles is 1. The summed E-state index contributed by atoms with van der Waals surface area (Å²) in [4.78, 5) is 16.6. The summed E-state index contributed by atoms with van der Waals surface area (Å²) in [6, 6.07) is 10.9. The first-order chi connectivity index (χ1) is 12.9. The minimum atomic E-state index is -0.334. The number of aromatic nitrogens is 1. The van der Waals surface area contributed by atoms with Gasteiger partial charge in [0.15, 0.2) is 0 Å². The van der Waals surface area contributed by atoms with Gasteiger partial charge in [0.2, 0.25) is 5.91 Å². The molecule has 1 aliphatic rings. The number of hydrogen-bond acceptors (Lipinski definition) is 5. The summed E-state index contributed by atoms with van der Waals surface area (Å²) in [6.45, 7) is 4.27. The van der Waals surface area contributed by atoms with Gasteiger partial charge in [-0.25, -0.2) is 0 Å². The summed E-state index contributed by atoms with van der Waals surface area (Å²) in [5.74, 6) is -0.205. The van der Waals surface area contributed by atoms with Crippen molar-refractivity contribution in [3.05, 3.63) is 59.8 Å². The van der Waals surface area contributed by atoms with Crippen molar-refractivity contribution in [1.82, 2.24) is 9.88 Å². The molecule has 7 heteroatoms. The molecule has 1 saturated heterocycles. The molecule has 1 amide bonds. The van der Waals surface area contributed by atoms with Gasteiger partial charge in [0.05, 0.1) is 12.0 Å². The number of carbonyl (C=O) groups is 1. The molecule has 1 aromatic heterocycles. The second kappa shape index (κ2) is 7.30. The van der Waals surface area contributed by atoms with E-state index < -0.39 is 0 Å². The number of aromatic amines is 1.